The fourth-order valence-corrected chi connectivity index (χ4v) is 1.46. The van der Waals surface area contributed by atoms with Crippen LogP contribution in [0.25, 0.3) is 6.08 Å². The van der Waals surface area contributed by atoms with Crippen molar-refractivity contribution in [1.82, 2.24) is 0 Å². The van der Waals surface area contributed by atoms with Crippen molar-refractivity contribution >= 4 is 12.0 Å². The molecular weight excluding hydrogens is 186 g/mol. The maximum absolute atomic E-state index is 10.6. The molecule has 0 heterocycles. The molecule has 0 aromatic heterocycles. The van der Waals surface area contributed by atoms with Crippen LogP contribution in [0.15, 0.2) is 18.2 Å². The summed E-state index contributed by atoms with van der Waals surface area (Å²) in [5, 5.41) is 0. The molecule has 0 spiro atoms. The van der Waals surface area contributed by atoms with Gasteiger partial charge in [0.15, 0.2) is 0 Å². The van der Waals surface area contributed by atoms with Crippen LogP contribution in [0.5, 0.6) is 0 Å². The molecule has 0 atom stereocenters. The van der Waals surface area contributed by atoms with E-state index < -0.39 is 0 Å². The van der Waals surface area contributed by atoms with Crippen molar-refractivity contribution in [3.05, 3.63) is 40.5 Å². The minimum atomic E-state index is -0.298. The first-order valence-electron chi connectivity index (χ1n) is 5.03. The molecule has 0 unspecified atom stereocenters. The largest absolute Gasteiger partial charge is 0.369 e. The number of amides is 1. The third-order valence-corrected chi connectivity index (χ3v) is 2.50. The van der Waals surface area contributed by atoms with Gasteiger partial charge in [0.2, 0.25) is 5.91 Å². The van der Waals surface area contributed by atoms with Gasteiger partial charge in [-0.1, -0.05) is 24.3 Å². The molecule has 1 rings (SSSR count). The molecule has 0 aliphatic rings. The van der Waals surface area contributed by atoms with Gasteiger partial charge in [-0.2, -0.15) is 0 Å². The van der Waals surface area contributed by atoms with Gasteiger partial charge in [-0.3, -0.25) is 4.79 Å². The van der Waals surface area contributed by atoms with E-state index in [2.05, 4.69) is 32.9 Å². The number of aryl methyl sites for hydroxylation is 3. The van der Waals surface area contributed by atoms with Crippen LogP contribution in [-0.2, 0) is 4.79 Å². The van der Waals surface area contributed by atoms with Crippen molar-refractivity contribution in [2.24, 2.45) is 5.73 Å². The quantitative estimate of drug-likeness (QED) is 0.805. The number of carbonyl (C=O) groups is 1. The lowest BCUT2D eigenvalue weighted by molar-refractivity contribution is -0.117. The first-order valence-corrected chi connectivity index (χ1v) is 5.03. The molecule has 0 bridgehead atoms. The van der Waals surface area contributed by atoms with Crippen molar-refractivity contribution in [3.63, 3.8) is 0 Å². The first-order chi connectivity index (χ1) is 7.00. The number of hydrogen-bond donors (Lipinski definition) is 1. The smallest absolute Gasteiger partial charge is 0.221 e. The molecule has 0 radical (unpaired) electrons. The van der Waals surface area contributed by atoms with Crippen LogP contribution < -0.4 is 5.73 Å². The van der Waals surface area contributed by atoms with E-state index in [0.29, 0.717) is 6.42 Å². The second-order valence-electron chi connectivity index (χ2n) is 3.87. The summed E-state index contributed by atoms with van der Waals surface area (Å²) >= 11 is 0. The van der Waals surface area contributed by atoms with Crippen LogP contribution in [0.3, 0.4) is 0 Å². The molecule has 15 heavy (non-hydrogen) atoms. The summed E-state index contributed by atoms with van der Waals surface area (Å²) in [6.45, 7) is 6.25. The highest BCUT2D eigenvalue weighted by atomic mass is 16.1. The lowest BCUT2D eigenvalue weighted by atomic mass is 10.0. The van der Waals surface area contributed by atoms with Crippen LogP contribution in [0, 0.1) is 20.8 Å². The lowest BCUT2D eigenvalue weighted by Crippen LogP contribution is -2.07. The molecule has 2 N–H and O–H groups in total. The Morgan fingerprint density at radius 1 is 1.20 bits per heavy atom. The zero-order valence-corrected chi connectivity index (χ0v) is 9.50. The second kappa shape index (κ2) is 4.78. The van der Waals surface area contributed by atoms with E-state index in [4.69, 9.17) is 5.73 Å². The maximum atomic E-state index is 10.6. The Morgan fingerprint density at radius 2 is 1.80 bits per heavy atom. The standard InChI is InChI=1S/C13H17NO/c1-9-7-11(3)12(8-10(9)2)5-4-6-13(14)15/h4-5,7-8H,6H2,1-3H3,(H2,14,15). The molecule has 80 valence electrons. The molecule has 1 aromatic rings. The predicted octanol–water partition coefficient (Wildman–Crippen LogP) is 2.50. The van der Waals surface area contributed by atoms with Crippen LogP contribution in [0.2, 0.25) is 0 Å². The van der Waals surface area contributed by atoms with Crippen LogP contribution in [0.1, 0.15) is 28.7 Å². The number of rotatable bonds is 3. The summed E-state index contributed by atoms with van der Waals surface area (Å²) in [4.78, 5) is 10.6. The third kappa shape index (κ3) is 3.24. The van der Waals surface area contributed by atoms with Gasteiger partial charge in [0.25, 0.3) is 0 Å². The van der Waals surface area contributed by atoms with E-state index in [1.165, 1.54) is 16.7 Å². The average Bonchev–Trinajstić information content (AvgIpc) is 2.13. The lowest BCUT2D eigenvalue weighted by Gasteiger charge is -2.05. The van der Waals surface area contributed by atoms with E-state index in [-0.39, 0.29) is 5.91 Å². The molecule has 2 nitrogen and oxygen atoms in total. The maximum Gasteiger partial charge on any atom is 0.221 e. The van der Waals surface area contributed by atoms with Gasteiger partial charge in [-0.25, -0.2) is 0 Å². The summed E-state index contributed by atoms with van der Waals surface area (Å²) in [5.74, 6) is -0.298. The number of primary amides is 1. The molecule has 0 aliphatic heterocycles. The molecule has 0 saturated heterocycles. The minimum Gasteiger partial charge on any atom is -0.369 e. The summed E-state index contributed by atoms with van der Waals surface area (Å²) in [5.41, 5.74) is 9.99. The average molecular weight is 203 g/mol. The van der Waals surface area contributed by atoms with Gasteiger partial charge >= 0.3 is 0 Å². The Hall–Kier alpha value is -1.57. The highest BCUT2D eigenvalue weighted by molar-refractivity contribution is 5.76. The Kier molecular flexibility index (Phi) is 3.67. The van der Waals surface area contributed by atoms with Gasteiger partial charge in [-0.05, 0) is 43.0 Å². The van der Waals surface area contributed by atoms with Gasteiger partial charge in [-0.15, -0.1) is 0 Å². The summed E-state index contributed by atoms with van der Waals surface area (Å²) in [6.07, 6.45) is 4.05. The predicted molar refractivity (Wildman–Crippen MR) is 63.5 cm³/mol. The Morgan fingerprint density at radius 3 is 2.40 bits per heavy atom. The van der Waals surface area contributed by atoms with Crippen molar-refractivity contribution in [2.45, 2.75) is 27.2 Å². The number of benzene rings is 1. The van der Waals surface area contributed by atoms with E-state index in [1.807, 2.05) is 6.08 Å². The molecule has 1 amide bonds. The van der Waals surface area contributed by atoms with Gasteiger partial charge in [0, 0.05) is 6.42 Å². The van der Waals surface area contributed by atoms with Gasteiger partial charge in [0.05, 0.1) is 0 Å². The van der Waals surface area contributed by atoms with E-state index in [1.54, 1.807) is 6.08 Å². The zero-order valence-electron chi connectivity index (χ0n) is 9.50. The molecule has 1 aromatic carbocycles. The van der Waals surface area contributed by atoms with E-state index in [0.717, 1.165) is 5.56 Å². The van der Waals surface area contributed by atoms with Crippen LogP contribution >= 0.6 is 0 Å². The molecular formula is C13H17NO. The van der Waals surface area contributed by atoms with Gasteiger partial charge in [0.1, 0.15) is 0 Å². The Bertz CT molecular complexity index is 405. The van der Waals surface area contributed by atoms with Crippen molar-refractivity contribution in [1.29, 1.82) is 0 Å². The van der Waals surface area contributed by atoms with Crippen molar-refractivity contribution in [2.75, 3.05) is 0 Å². The summed E-state index contributed by atoms with van der Waals surface area (Å²) < 4.78 is 0. The Balaban J connectivity index is 2.90. The second-order valence-corrected chi connectivity index (χ2v) is 3.87. The number of nitrogens with two attached hydrogens (primary N) is 1. The molecule has 0 saturated carbocycles. The molecule has 0 fully saturated rings. The molecule has 0 aliphatic carbocycles. The topological polar surface area (TPSA) is 43.1 Å². The molecule has 2 heteroatoms. The highest BCUT2D eigenvalue weighted by Crippen LogP contribution is 2.16. The van der Waals surface area contributed by atoms with Crippen molar-refractivity contribution < 1.29 is 4.79 Å². The minimum absolute atomic E-state index is 0.298. The SMILES string of the molecule is Cc1cc(C)c(C=CCC(N)=O)cc1C. The number of hydrogen-bond acceptors (Lipinski definition) is 1. The van der Waals surface area contributed by atoms with Gasteiger partial charge < -0.3 is 5.73 Å². The van der Waals surface area contributed by atoms with E-state index >= 15 is 0 Å². The number of carbonyl (C=O) groups excluding carboxylic acids is 1. The van der Waals surface area contributed by atoms with Crippen molar-refractivity contribution in [3.8, 4) is 0 Å². The van der Waals surface area contributed by atoms with Crippen LogP contribution in [-0.4, -0.2) is 5.91 Å². The first kappa shape index (κ1) is 11.5. The normalized spacial score (nSPS) is 10.9. The fraction of sp³-hybridized carbons (Fsp3) is 0.308. The highest BCUT2D eigenvalue weighted by Gasteiger charge is 1.98. The zero-order chi connectivity index (χ0) is 11.4. The summed E-state index contributed by atoms with van der Waals surface area (Å²) in [6, 6.07) is 4.28. The fourth-order valence-electron chi connectivity index (χ4n) is 1.46. The van der Waals surface area contributed by atoms with E-state index in [9.17, 15) is 4.79 Å². The third-order valence-electron chi connectivity index (χ3n) is 2.50. The Labute approximate surface area is 90.8 Å². The summed E-state index contributed by atoms with van der Waals surface area (Å²) in [7, 11) is 0. The van der Waals surface area contributed by atoms with Crippen LogP contribution in [0.4, 0.5) is 0 Å². The monoisotopic (exact) mass is 203 g/mol.